The van der Waals surface area contributed by atoms with E-state index in [1.807, 2.05) is 0 Å². The number of hydrogen-bond donors (Lipinski definition) is 4. The second kappa shape index (κ2) is 8.27. The second-order valence-corrected chi connectivity index (χ2v) is 7.89. The van der Waals surface area contributed by atoms with E-state index in [0.717, 1.165) is 17.1 Å². The van der Waals surface area contributed by atoms with Crippen molar-refractivity contribution in [3.05, 3.63) is 52.6 Å². The molecule has 0 spiro atoms. The SMILES string of the molecule is Cc1nnsc1C(=O)Nc1c[nH]c2c(C(=O)NCc3ccc4c(c3)NC(=O)CO4)ncnc12. The van der Waals surface area contributed by atoms with Gasteiger partial charge in [0.1, 0.15) is 22.5 Å². The molecule has 0 aliphatic carbocycles. The Kier molecular flexibility index (Phi) is 5.14. The quantitative estimate of drug-likeness (QED) is 0.346. The Balaban J connectivity index is 1.32. The van der Waals surface area contributed by atoms with Crippen LogP contribution in [0.15, 0.2) is 30.7 Å². The van der Waals surface area contributed by atoms with Gasteiger partial charge >= 0.3 is 0 Å². The summed E-state index contributed by atoms with van der Waals surface area (Å²) in [6.45, 7) is 1.88. The molecule has 0 saturated heterocycles. The third-order valence-electron chi connectivity index (χ3n) is 4.91. The number of amides is 3. The highest BCUT2D eigenvalue weighted by molar-refractivity contribution is 7.08. The van der Waals surface area contributed by atoms with Crippen molar-refractivity contribution in [3.63, 3.8) is 0 Å². The normalized spacial score (nSPS) is 12.6. The summed E-state index contributed by atoms with van der Waals surface area (Å²) in [6, 6.07) is 5.27. The summed E-state index contributed by atoms with van der Waals surface area (Å²) in [7, 11) is 0. The van der Waals surface area contributed by atoms with E-state index in [1.54, 1.807) is 31.3 Å². The molecule has 0 saturated carbocycles. The van der Waals surface area contributed by atoms with Crippen LogP contribution in [0.25, 0.3) is 11.0 Å². The number of hydrogen-bond acceptors (Lipinski definition) is 9. The van der Waals surface area contributed by atoms with Crippen LogP contribution in [0.2, 0.25) is 0 Å². The topological polar surface area (TPSA) is 164 Å². The number of fused-ring (bicyclic) bond motifs is 2. The van der Waals surface area contributed by atoms with Gasteiger partial charge in [0.2, 0.25) is 0 Å². The molecule has 12 nitrogen and oxygen atoms in total. The first-order valence-electron chi connectivity index (χ1n) is 9.76. The molecular weight excluding hydrogens is 448 g/mol. The van der Waals surface area contributed by atoms with Crippen LogP contribution in [0.4, 0.5) is 11.4 Å². The molecule has 0 fully saturated rings. The van der Waals surface area contributed by atoms with Crippen LogP contribution in [0.3, 0.4) is 0 Å². The Morgan fingerprint density at radius 3 is 2.94 bits per heavy atom. The largest absolute Gasteiger partial charge is 0.482 e. The molecule has 13 heteroatoms. The number of carbonyl (C=O) groups is 3. The first kappa shape index (κ1) is 20.5. The number of anilines is 2. The number of nitrogens with zero attached hydrogens (tertiary/aromatic N) is 4. The zero-order chi connectivity index (χ0) is 22.9. The highest BCUT2D eigenvalue weighted by Gasteiger charge is 2.20. The molecule has 0 atom stereocenters. The summed E-state index contributed by atoms with van der Waals surface area (Å²) in [5.41, 5.74) is 3.17. The molecule has 0 bridgehead atoms. The fourth-order valence-corrected chi connectivity index (χ4v) is 3.88. The van der Waals surface area contributed by atoms with Crippen molar-refractivity contribution in [3.8, 4) is 5.75 Å². The maximum atomic E-state index is 12.8. The Hall–Kier alpha value is -4.39. The number of carbonyl (C=O) groups excluding carboxylic acids is 3. The van der Waals surface area contributed by atoms with Gasteiger partial charge in [-0.2, -0.15) is 0 Å². The van der Waals surface area contributed by atoms with Crippen LogP contribution in [0.5, 0.6) is 5.75 Å². The predicted molar refractivity (Wildman–Crippen MR) is 118 cm³/mol. The molecule has 166 valence electrons. The van der Waals surface area contributed by atoms with Gasteiger partial charge in [-0.3, -0.25) is 14.4 Å². The summed E-state index contributed by atoms with van der Waals surface area (Å²) in [6.07, 6.45) is 2.80. The number of aryl methyl sites for hydroxylation is 1. The van der Waals surface area contributed by atoms with Gasteiger partial charge in [0, 0.05) is 12.7 Å². The molecule has 3 aromatic heterocycles. The van der Waals surface area contributed by atoms with Crippen molar-refractivity contribution < 1.29 is 19.1 Å². The molecule has 4 heterocycles. The summed E-state index contributed by atoms with van der Waals surface area (Å²) in [5, 5.41) is 12.1. The molecule has 33 heavy (non-hydrogen) atoms. The van der Waals surface area contributed by atoms with Gasteiger partial charge in [0.05, 0.1) is 22.6 Å². The second-order valence-electron chi connectivity index (χ2n) is 7.14. The third-order valence-corrected chi connectivity index (χ3v) is 5.74. The molecule has 4 N–H and O–H groups in total. The highest BCUT2D eigenvalue weighted by atomic mass is 32.1. The van der Waals surface area contributed by atoms with Crippen LogP contribution in [-0.4, -0.2) is 48.9 Å². The van der Waals surface area contributed by atoms with Crippen LogP contribution >= 0.6 is 11.5 Å². The van der Waals surface area contributed by atoms with Crippen molar-refractivity contribution in [2.45, 2.75) is 13.5 Å². The summed E-state index contributed by atoms with van der Waals surface area (Å²) in [5.74, 6) is -0.449. The van der Waals surface area contributed by atoms with Gasteiger partial charge < -0.3 is 25.7 Å². The Labute approximate surface area is 189 Å². The molecule has 3 amide bonds. The van der Waals surface area contributed by atoms with Gasteiger partial charge in [-0.1, -0.05) is 10.6 Å². The molecule has 0 radical (unpaired) electrons. The van der Waals surface area contributed by atoms with Crippen LogP contribution < -0.4 is 20.7 Å². The Morgan fingerprint density at radius 1 is 1.24 bits per heavy atom. The van der Waals surface area contributed by atoms with Crippen molar-refractivity contribution in [1.82, 2.24) is 29.9 Å². The minimum absolute atomic E-state index is 0.0217. The van der Waals surface area contributed by atoms with E-state index < -0.39 is 5.91 Å². The van der Waals surface area contributed by atoms with E-state index in [2.05, 4.69) is 40.5 Å². The van der Waals surface area contributed by atoms with Crippen LogP contribution in [0, 0.1) is 6.92 Å². The monoisotopic (exact) mass is 464 g/mol. The van der Waals surface area contributed by atoms with E-state index in [-0.39, 0.29) is 30.7 Å². The first-order valence-corrected chi connectivity index (χ1v) is 10.5. The lowest BCUT2D eigenvalue weighted by Crippen LogP contribution is -2.26. The van der Waals surface area contributed by atoms with Gasteiger partial charge in [0.15, 0.2) is 12.3 Å². The third kappa shape index (κ3) is 3.96. The molecule has 1 aromatic carbocycles. The summed E-state index contributed by atoms with van der Waals surface area (Å²) >= 11 is 0.995. The molecular formula is C20H16N8O4S. The molecule has 0 unspecified atom stereocenters. The van der Waals surface area contributed by atoms with Crippen LogP contribution in [-0.2, 0) is 11.3 Å². The van der Waals surface area contributed by atoms with Crippen LogP contribution in [0.1, 0.15) is 31.4 Å². The Morgan fingerprint density at radius 2 is 2.12 bits per heavy atom. The maximum absolute atomic E-state index is 12.8. The fourth-order valence-electron chi connectivity index (χ4n) is 3.33. The fraction of sp³-hybridized carbons (Fsp3) is 0.150. The summed E-state index contributed by atoms with van der Waals surface area (Å²) < 4.78 is 9.10. The predicted octanol–water partition coefficient (Wildman–Crippen LogP) is 1.63. The number of H-pyrrole nitrogens is 1. The minimum atomic E-state index is -0.428. The number of aromatic nitrogens is 5. The number of aromatic amines is 1. The number of nitrogens with one attached hydrogen (secondary N) is 4. The van der Waals surface area contributed by atoms with Crippen molar-refractivity contribution in [2.75, 3.05) is 17.2 Å². The van der Waals surface area contributed by atoms with Gasteiger partial charge in [-0.25, -0.2) is 9.97 Å². The molecule has 4 aromatic rings. The number of benzene rings is 1. The molecule has 1 aliphatic rings. The number of ether oxygens (including phenoxy) is 1. The van der Waals surface area contributed by atoms with E-state index >= 15 is 0 Å². The van der Waals surface area contributed by atoms with E-state index in [4.69, 9.17) is 4.74 Å². The highest BCUT2D eigenvalue weighted by Crippen LogP contribution is 2.28. The van der Waals surface area contributed by atoms with Crippen molar-refractivity contribution >= 4 is 51.7 Å². The van der Waals surface area contributed by atoms with E-state index in [1.165, 1.54) is 6.33 Å². The average molecular weight is 464 g/mol. The average Bonchev–Trinajstić information content (AvgIpc) is 3.43. The molecule has 1 aliphatic heterocycles. The maximum Gasteiger partial charge on any atom is 0.272 e. The lowest BCUT2D eigenvalue weighted by atomic mass is 10.1. The van der Waals surface area contributed by atoms with Crippen molar-refractivity contribution in [1.29, 1.82) is 0 Å². The lowest BCUT2D eigenvalue weighted by molar-refractivity contribution is -0.118. The minimum Gasteiger partial charge on any atom is -0.482 e. The smallest absolute Gasteiger partial charge is 0.272 e. The molecule has 5 rings (SSSR count). The van der Waals surface area contributed by atoms with Gasteiger partial charge in [0.25, 0.3) is 17.7 Å². The standard InChI is InChI=1S/C20H16N8O4S/c1-9-18(33-28-27-9)20(31)26-12-6-21-16-15(12)23-8-24-17(16)19(30)22-5-10-2-3-13-11(4-10)25-14(29)7-32-13/h2-4,6,8,21H,5,7H2,1H3,(H,22,30)(H,25,29)(H,26,31). The van der Waals surface area contributed by atoms with Gasteiger partial charge in [-0.05, 0) is 36.2 Å². The zero-order valence-electron chi connectivity index (χ0n) is 17.1. The van der Waals surface area contributed by atoms with E-state index in [0.29, 0.717) is 38.7 Å². The summed E-state index contributed by atoms with van der Waals surface area (Å²) in [4.78, 5) is 48.4. The van der Waals surface area contributed by atoms with Gasteiger partial charge in [-0.15, -0.1) is 5.10 Å². The zero-order valence-corrected chi connectivity index (χ0v) is 17.9. The Bertz CT molecular complexity index is 1410. The lowest BCUT2D eigenvalue weighted by Gasteiger charge is -2.18. The first-order chi connectivity index (χ1) is 16.0. The van der Waals surface area contributed by atoms with Crippen molar-refractivity contribution in [2.24, 2.45) is 0 Å². The van der Waals surface area contributed by atoms with E-state index in [9.17, 15) is 14.4 Å². The number of rotatable bonds is 5.